The summed E-state index contributed by atoms with van der Waals surface area (Å²) in [6.07, 6.45) is 0. The number of halogens is 1. The number of hydrogen-bond acceptors (Lipinski definition) is 5. The van der Waals surface area contributed by atoms with Gasteiger partial charge in [-0.05, 0) is 26.0 Å². The van der Waals surface area contributed by atoms with Crippen LogP contribution < -0.4 is 10.5 Å². The van der Waals surface area contributed by atoms with Crippen LogP contribution in [0.5, 0.6) is 5.75 Å². The van der Waals surface area contributed by atoms with Crippen LogP contribution in [-0.2, 0) is 6.61 Å². The number of carbonyl (C=O) groups excluding carboxylic acids is 1. The first-order chi connectivity index (χ1) is 8.97. The number of ether oxygens (including phenoxy) is 1. The molecule has 1 heterocycles. The average molecular weight is 341 g/mol. The van der Waals surface area contributed by atoms with E-state index in [0.717, 1.165) is 15.2 Å². The molecule has 0 aliphatic heterocycles. The van der Waals surface area contributed by atoms with Crippen molar-refractivity contribution < 1.29 is 9.53 Å². The van der Waals surface area contributed by atoms with E-state index in [0.29, 0.717) is 23.6 Å². The summed E-state index contributed by atoms with van der Waals surface area (Å²) in [4.78, 5) is 15.9. The summed E-state index contributed by atoms with van der Waals surface area (Å²) in [5.74, 6) is 0.335. The number of anilines is 1. The lowest BCUT2D eigenvalue weighted by atomic mass is 10.1. The van der Waals surface area contributed by atoms with Gasteiger partial charge in [0.15, 0.2) is 11.5 Å². The van der Waals surface area contributed by atoms with Crippen LogP contribution in [0.15, 0.2) is 22.0 Å². The van der Waals surface area contributed by atoms with Gasteiger partial charge in [-0.25, -0.2) is 4.98 Å². The SMILES string of the molecule is CC(=O)c1cc(Br)cc(N)c1OCc1nc(C)cs1. The number of thiazole rings is 1. The number of hydrogen-bond donors (Lipinski definition) is 1. The van der Waals surface area contributed by atoms with E-state index >= 15 is 0 Å². The Labute approximate surface area is 123 Å². The Balaban J connectivity index is 2.26. The Bertz CT molecular complexity index is 625. The number of ketones is 1. The second-order valence-electron chi connectivity index (χ2n) is 4.10. The van der Waals surface area contributed by atoms with E-state index in [9.17, 15) is 4.79 Å². The minimum atomic E-state index is -0.0849. The van der Waals surface area contributed by atoms with Crippen molar-refractivity contribution in [3.05, 3.63) is 38.3 Å². The van der Waals surface area contributed by atoms with Gasteiger partial charge in [-0.15, -0.1) is 11.3 Å². The Morgan fingerprint density at radius 2 is 2.26 bits per heavy atom. The number of rotatable bonds is 4. The van der Waals surface area contributed by atoms with Crippen LogP contribution in [0.3, 0.4) is 0 Å². The molecule has 0 radical (unpaired) electrons. The van der Waals surface area contributed by atoms with Gasteiger partial charge in [-0.1, -0.05) is 15.9 Å². The molecule has 0 unspecified atom stereocenters. The summed E-state index contributed by atoms with van der Waals surface area (Å²) in [5.41, 5.74) is 7.77. The van der Waals surface area contributed by atoms with Crippen LogP contribution in [0.4, 0.5) is 5.69 Å². The zero-order valence-electron chi connectivity index (χ0n) is 10.6. The van der Waals surface area contributed by atoms with Crippen LogP contribution in [0, 0.1) is 6.92 Å². The van der Waals surface area contributed by atoms with Gasteiger partial charge in [-0.2, -0.15) is 0 Å². The van der Waals surface area contributed by atoms with Gasteiger partial charge in [0, 0.05) is 15.5 Å². The number of carbonyl (C=O) groups is 1. The zero-order chi connectivity index (χ0) is 14.0. The predicted octanol–water partition coefficient (Wildman–Crippen LogP) is 3.58. The maximum Gasteiger partial charge on any atom is 0.163 e. The van der Waals surface area contributed by atoms with Crippen molar-refractivity contribution in [2.24, 2.45) is 0 Å². The molecular formula is C13H13BrN2O2S. The van der Waals surface area contributed by atoms with Gasteiger partial charge >= 0.3 is 0 Å². The number of benzene rings is 1. The predicted molar refractivity (Wildman–Crippen MR) is 79.7 cm³/mol. The molecule has 0 saturated carbocycles. The Kier molecular flexibility index (Phi) is 4.21. The summed E-state index contributed by atoms with van der Waals surface area (Å²) >= 11 is 4.84. The minimum absolute atomic E-state index is 0.0849. The van der Waals surface area contributed by atoms with E-state index in [2.05, 4.69) is 20.9 Å². The topological polar surface area (TPSA) is 65.2 Å². The van der Waals surface area contributed by atoms with Crippen molar-refractivity contribution in [1.29, 1.82) is 0 Å². The molecule has 4 nitrogen and oxygen atoms in total. The highest BCUT2D eigenvalue weighted by Gasteiger charge is 2.14. The number of nitrogen functional groups attached to an aromatic ring is 1. The molecular weight excluding hydrogens is 328 g/mol. The van der Waals surface area contributed by atoms with E-state index in [4.69, 9.17) is 10.5 Å². The lowest BCUT2D eigenvalue weighted by Crippen LogP contribution is -2.05. The number of aryl methyl sites for hydroxylation is 1. The van der Waals surface area contributed by atoms with E-state index in [1.807, 2.05) is 12.3 Å². The number of Topliss-reactive ketones (excluding diaryl/α,β-unsaturated/α-hetero) is 1. The van der Waals surface area contributed by atoms with Crippen LogP contribution in [0.25, 0.3) is 0 Å². The first-order valence-corrected chi connectivity index (χ1v) is 7.28. The summed E-state index contributed by atoms with van der Waals surface area (Å²) < 4.78 is 6.42. The number of nitrogens with two attached hydrogens (primary N) is 1. The van der Waals surface area contributed by atoms with Gasteiger partial charge in [0.2, 0.25) is 0 Å². The van der Waals surface area contributed by atoms with Crippen LogP contribution >= 0.6 is 27.3 Å². The molecule has 0 aliphatic carbocycles. The number of nitrogens with zero attached hydrogens (tertiary/aromatic N) is 1. The largest absolute Gasteiger partial charge is 0.483 e. The summed E-state index contributed by atoms with van der Waals surface area (Å²) in [6, 6.07) is 3.43. The molecule has 0 aliphatic rings. The Hall–Kier alpha value is -1.40. The fraction of sp³-hybridized carbons (Fsp3) is 0.231. The Morgan fingerprint density at radius 1 is 1.53 bits per heavy atom. The molecule has 0 bridgehead atoms. The van der Waals surface area contributed by atoms with E-state index in [1.165, 1.54) is 18.3 Å². The van der Waals surface area contributed by atoms with Crippen molar-refractivity contribution in [1.82, 2.24) is 4.98 Å². The molecule has 6 heteroatoms. The molecule has 0 amide bonds. The highest BCUT2D eigenvalue weighted by atomic mass is 79.9. The molecule has 100 valence electrons. The molecule has 2 rings (SSSR count). The smallest absolute Gasteiger partial charge is 0.163 e. The zero-order valence-corrected chi connectivity index (χ0v) is 13.0. The third kappa shape index (κ3) is 3.33. The van der Waals surface area contributed by atoms with Crippen LogP contribution in [-0.4, -0.2) is 10.8 Å². The summed E-state index contributed by atoms with van der Waals surface area (Å²) in [7, 11) is 0. The molecule has 0 spiro atoms. The average Bonchev–Trinajstić information content (AvgIpc) is 2.73. The number of aromatic nitrogens is 1. The van der Waals surface area contributed by atoms with Crippen molar-refractivity contribution in [3.63, 3.8) is 0 Å². The van der Waals surface area contributed by atoms with E-state index < -0.39 is 0 Å². The van der Waals surface area contributed by atoms with Gasteiger partial charge in [0.05, 0.1) is 11.3 Å². The van der Waals surface area contributed by atoms with Crippen LogP contribution in [0.2, 0.25) is 0 Å². The molecule has 1 aromatic carbocycles. The normalized spacial score (nSPS) is 10.5. The summed E-state index contributed by atoms with van der Waals surface area (Å²) in [5, 5.41) is 2.81. The second kappa shape index (κ2) is 5.71. The molecule has 2 N–H and O–H groups in total. The second-order valence-corrected chi connectivity index (χ2v) is 5.96. The standard InChI is InChI=1S/C13H13BrN2O2S/c1-7-6-19-12(16-7)5-18-13-10(8(2)17)3-9(14)4-11(13)15/h3-4,6H,5,15H2,1-2H3. The van der Waals surface area contributed by atoms with Gasteiger partial charge in [-0.3, -0.25) is 4.79 Å². The molecule has 2 aromatic rings. The first-order valence-electron chi connectivity index (χ1n) is 5.61. The highest BCUT2D eigenvalue weighted by Crippen LogP contribution is 2.32. The van der Waals surface area contributed by atoms with Crippen molar-refractivity contribution in [2.75, 3.05) is 5.73 Å². The van der Waals surface area contributed by atoms with Gasteiger partial charge in [0.1, 0.15) is 11.6 Å². The third-order valence-corrected chi connectivity index (χ3v) is 3.87. The highest BCUT2D eigenvalue weighted by molar-refractivity contribution is 9.10. The molecule has 0 saturated heterocycles. The molecule has 0 fully saturated rings. The first kappa shape index (κ1) is 14.0. The molecule has 19 heavy (non-hydrogen) atoms. The lowest BCUT2D eigenvalue weighted by Gasteiger charge is -2.12. The minimum Gasteiger partial charge on any atom is -0.483 e. The van der Waals surface area contributed by atoms with Gasteiger partial charge in [0.25, 0.3) is 0 Å². The summed E-state index contributed by atoms with van der Waals surface area (Å²) in [6.45, 7) is 3.72. The van der Waals surface area contributed by atoms with Crippen molar-refractivity contribution in [3.8, 4) is 5.75 Å². The van der Waals surface area contributed by atoms with Crippen molar-refractivity contribution in [2.45, 2.75) is 20.5 Å². The quantitative estimate of drug-likeness (QED) is 0.682. The monoisotopic (exact) mass is 340 g/mol. The van der Waals surface area contributed by atoms with Crippen LogP contribution in [0.1, 0.15) is 28.0 Å². The lowest BCUT2D eigenvalue weighted by molar-refractivity contribution is 0.101. The fourth-order valence-electron chi connectivity index (χ4n) is 1.64. The van der Waals surface area contributed by atoms with Crippen molar-refractivity contribution >= 4 is 38.7 Å². The maximum atomic E-state index is 11.6. The van der Waals surface area contributed by atoms with E-state index in [1.54, 1.807) is 12.1 Å². The molecule has 1 aromatic heterocycles. The fourth-order valence-corrected chi connectivity index (χ4v) is 2.80. The van der Waals surface area contributed by atoms with E-state index in [-0.39, 0.29) is 5.78 Å². The Morgan fingerprint density at radius 3 is 2.84 bits per heavy atom. The molecule has 0 atom stereocenters. The van der Waals surface area contributed by atoms with Gasteiger partial charge < -0.3 is 10.5 Å². The maximum absolute atomic E-state index is 11.6. The third-order valence-electron chi connectivity index (χ3n) is 2.47.